The van der Waals surface area contributed by atoms with E-state index in [2.05, 4.69) is 26.1 Å². The van der Waals surface area contributed by atoms with Crippen LogP contribution in [0.15, 0.2) is 24.4 Å². The van der Waals surface area contributed by atoms with Crippen molar-refractivity contribution in [2.75, 3.05) is 5.32 Å². The molecule has 2 heterocycles. The van der Waals surface area contributed by atoms with Crippen molar-refractivity contribution in [2.24, 2.45) is 5.92 Å². The molecule has 2 saturated carbocycles. The highest BCUT2D eigenvalue weighted by Gasteiger charge is 2.33. The van der Waals surface area contributed by atoms with E-state index in [1.807, 2.05) is 18.3 Å². The van der Waals surface area contributed by atoms with Crippen LogP contribution in [0, 0.1) is 5.92 Å². The van der Waals surface area contributed by atoms with Gasteiger partial charge in [0.25, 0.3) is 0 Å². The smallest absolute Gasteiger partial charge is 0.228 e. The van der Waals surface area contributed by atoms with Crippen LogP contribution in [0.3, 0.4) is 0 Å². The van der Waals surface area contributed by atoms with E-state index in [9.17, 15) is 13.2 Å². The van der Waals surface area contributed by atoms with Gasteiger partial charge in [0.15, 0.2) is 0 Å². The Morgan fingerprint density at radius 1 is 1.17 bits per heavy atom. The summed E-state index contributed by atoms with van der Waals surface area (Å²) in [4.78, 5) is 19.8. The van der Waals surface area contributed by atoms with E-state index >= 15 is 0 Å². The van der Waals surface area contributed by atoms with Gasteiger partial charge < -0.3 is 10.3 Å². The minimum Gasteiger partial charge on any atom is -0.346 e. The van der Waals surface area contributed by atoms with Gasteiger partial charge in [-0.15, -0.1) is 0 Å². The van der Waals surface area contributed by atoms with Crippen LogP contribution < -0.4 is 10.0 Å². The molecule has 154 valence electrons. The van der Waals surface area contributed by atoms with Crippen molar-refractivity contribution in [2.45, 2.75) is 62.7 Å². The third kappa shape index (κ3) is 3.83. The van der Waals surface area contributed by atoms with Gasteiger partial charge in [0.1, 0.15) is 11.5 Å². The molecule has 0 radical (unpaired) electrons. The number of allylic oxidation sites excluding steroid dienone is 1. The molecule has 1 amide bonds. The van der Waals surface area contributed by atoms with E-state index in [0.29, 0.717) is 12.2 Å². The number of pyridine rings is 1. The molecule has 5 rings (SSSR count). The lowest BCUT2D eigenvalue weighted by Crippen LogP contribution is -2.44. The Morgan fingerprint density at radius 3 is 2.66 bits per heavy atom. The Balaban J connectivity index is 1.35. The highest BCUT2D eigenvalue weighted by molar-refractivity contribution is 7.90. The monoisotopic (exact) mass is 414 g/mol. The molecular formula is C21H26N4O3S. The minimum atomic E-state index is -3.20. The van der Waals surface area contributed by atoms with Crippen LogP contribution in [0.5, 0.6) is 0 Å². The molecule has 3 N–H and O–H groups in total. The highest BCUT2D eigenvalue weighted by atomic mass is 32.2. The summed E-state index contributed by atoms with van der Waals surface area (Å²) in [5, 5.41) is 3.76. The Hall–Kier alpha value is -2.19. The number of hydrogen-bond acceptors (Lipinski definition) is 4. The number of aromatic nitrogens is 2. The van der Waals surface area contributed by atoms with Crippen molar-refractivity contribution in [1.29, 1.82) is 0 Å². The van der Waals surface area contributed by atoms with Gasteiger partial charge in [-0.3, -0.25) is 4.79 Å². The van der Waals surface area contributed by atoms with Crippen LogP contribution in [-0.4, -0.2) is 35.6 Å². The summed E-state index contributed by atoms with van der Waals surface area (Å²) < 4.78 is 27.7. The summed E-state index contributed by atoms with van der Waals surface area (Å²) in [6, 6.07) is 3.90. The molecule has 2 aromatic heterocycles. The van der Waals surface area contributed by atoms with Crippen LogP contribution in [0.2, 0.25) is 0 Å². The van der Waals surface area contributed by atoms with E-state index in [0.717, 1.165) is 61.5 Å². The number of carbonyl (C=O) groups is 1. The molecule has 0 saturated heterocycles. The van der Waals surface area contributed by atoms with Crippen LogP contribution in [0.1, 0.15) is 56.9 Å². The fourth-order valence-corrected chi connectivity index (χ4v) is 5.96. The zero-order chi connectivity index (χ0) is 20.0. The predicted molar refractivity (Wildman–Crippen MR) is 113 cm³/mol. The number of nitrogens with one attached hydrogen (secondary N) is 3. The molecule has 8 heteroatoms. The van der Waals surface area contributed by atoms with E-state index < -0.39 is 10.0 Å². The summed E-state index contributed by atoms with van der Waals surface area (Å²) >= 11 is 0. The third-order valence-electron chi connectivity index (χ3n) is 6.31. The van der Waals surface area contributed by atoms with Gasteiger partial charge in [0, 0.05) is 23.5 Å². The number of aromatic amines is 1. The molecular weight excluding hydrogens is 388 g/mol. The van der Waals surface area contributed by atoms with E-state index in [1.54, 1.807) is 0 Å². The first-order valence-electron chi connectivity index (χ1n) is 10.5. The quantitative estimate of drug-likeness (QED) is 0.674. The lowest BCUT2D eigenvalue weighted by atomic mass is 9.90. The normalized spacial score (nSPS) is 22.9. The van der Waals surface area contributed by atoms with E-state index in [4.69, 9.17) is 0 Å². The standard InChI is InChI=1S/C21H26N4O3S/c26-21(14-4-5-14)24-19-12-18(17-10-11-22-20(17)23-19)13-6-8-15(9-7-13)25-29(27,28)16-2-1-3-16/h6,10-12,14-16,25H,1-5,7-9H2,(H2,22,23,24,26). The summed E-state index contributed by atoms with van der Waals surface area (Å²) in [5.41, 5.74) is 2.99. The Labute approximate surface area is 170 Å². The van der Waals surface area contributed by atoms with Gasteiger partial charge >= 0.3 is 0 Å². The van der Waals surface area contributed by atoms with Crippen molar-refractivity contribution >= 4 is 38.4 Å². The second kappa shape index (κ2) is 7.25. The molecule has 0 aromatic carbocycles. The highest BCUT2D eigenvalue weighted by Crippen LogP contribution is 2.35. The average molecular weight is 415 g/mol. The Bertz CT molecular complexity index is 1080. The molecule has 2 aromatic rings. The fourth-order valence-electron chi connectivity index (χ4n) is 4.14. The first-order chi connectivity index (χ1) is 14.0. The van der Waals surface area contributed by atoms with Gasteiger partial charge in [-0.25, -0.2) is 18.1 Å². The molecule has 3 aliphatic rings. The number of carbonyl (C=O) groups excluding carboxylic acids is 1. The van der Waals surface area contributed by atoms with Crippen LogP contribution in [0.25, 0.3) is 16.6 Å². The van der Waals surface area contributed by atoms with Crippen molar-refractivity contribution in [3.63, 3.8) is 0 Å². The number of nitrogens with zero attached hydrogens (tertiary/aromatic N) is 1. The number of hydrogen-bond donors (Lipinski definition) is 3. The number of amides is 1. The van der Waals surface area contributed by atoms with Gasteiger partial charge in [0.05, 0.1) is 5.25 Å². The van der Waals surface area contributed by atoms with Crippen LogP contribution in [0.4, 0.5) is 5.82 Å². The van der Waals surface area contributed by atoms with Gasteiger partial charge in [-0.1, -0.05) is 12.5 Å². The third-order valence-corrected chi connectivity index (χ3v) is 8.32. The number of rotatable bonds is 6. The SMILES string of the molecule is O=C(Nc1cc(C2=CCC(NS(=O)(=O)C3CCC3)CC2)c2cc[nH]c2n1)C1CC1. The summed E-state index contributed by atoms with van der Waals surface area (Å²) in [7, 11) is -3.20. The maximum atomic E-state index is 12.4. The first-order valence-corrected chi connectivity index (χ1v) is 12.0. The van der Waals surface area contributed by atoms with Crippen molar-refractivity contribution in [3.05, 3.63) is 30.0 Å². The molecule has 0 spiro atoms. The average Bonchev–Trinajstić information content (AvgIpc) is 3.38. The molecule has 0 aliphatic heterocycles. The summed E-state index contributed by atoms with van der Waals surface area (Å²) in [6.45, 7) is 0. The molecule has 29 heavy (non-hydrogen) atoms. The maximum absolute atomic E-state index is 12.4. The van der Waals surface area contributed by atoms with Crippen LogP contribution >= 0.6 is 0 Å². The maximum Gasteiger partial charge on any atom is 0.228 e. The molecule has 7 nitrogen and oxygen atoms in total. The second-order valence-electron chi connectivity index (χ2n) is 8.47. The Kier molecular flexibility index (Phi) is 4.70. The summed E-state index contributed by atoms with van der Waals surface area (Å²) in [5.74, 6) is 0.732. The zero-order valence-electron chi connectivity index (χ0n) is 16.3. The molecule has 3 aliphatic carbocycles. The number of fused-ring (bicyclic) bond motifs is 1. The Morgan fingerprint density at radius 2 is 2.00 bits per heavy atom. The molecule has 2 fully saturated rings. The molecule has 0 bridgehead atoms. The second-order valence-corrected chi connectivity index (χ2v) is 10.5. The fraction of sp³-hybridized carbons (Fsp3) is 0.524. The first kappa shape index (κ1) is 18.8. The summed E-state index contributed by atoms with van der Waals surface area (Å²) in [6.07, 6.45) is 10.7. The van der Waals surface area contributed by atoms with Crippen molar-refractivity contribution < 1.29 is 13.2 Å². The number of anilines is 1. The molecule has 1 atom stereocenters. The lowest BCUT2D eigenvalue weighted by Gasteiger charge is -2.29. The predicted octanol–water partition coefficient (Wildman–Crippen LogP) is 3.32. The number of sulfonamides is 1. The largest absolute Gasteiger partial charge is 0.346 e. The van der Waals surface area contributed by atoms with Crippen LogP contribution in [-0.2, 0) is 14.8 Å². The molecule has 1 unspecified atom stereocenters. The zero-order valence-corrected chi connectivity index (χ0v) is 17.1. The number of H-pyrrole nitrogens is 1. The van der Waals surface area contributed by atoms with Gasteiger partial charge in [-0.05, 0) is 68.2 Å². The van der Waals surface area contributed by atoms with Gasteiger partial charge in [-0.2, -0.15) is 0 Å². The van der Waals surface area contributed by atoms with Crippen molar-refractivity contribution in [1.82, 2.24) is 14.7 Å². The topological polar surface area (TPSA) is 104 Å². The lowest BCUT2D eigenvalue weighted by molar-refractivity contribution is -0.117. The van der Waals surface area contributed by atoms with E-state index in [-0.39, 0.29) is 23.1 Å². The van der Waals surface area contributed by atoms with Gasteiger partial charge in [0.2, 0.25) is 15.9 Å². The minimum absolute atomic E-state index is 0.0393. The van der Waals surface area contributed by atoms with Crippen molar-refractivity contribution in [3.8, 4) is 0 Å². The van der Waals surface area contributed by atoms with E-state index in [1.165, 1.54) is 5.57 Å².